The molecule has 2 aromatic rings. The lowest BCUT2D eigenvalue weighted by atomic mass is 9.86. The molecular weight excluding hydrogens is 302 g/mol. The predicted molar refractivity (Wildman–Crippen MR) is 91.0 cm³/mol. The van der Waals surface area contributed by atoms with Gasteiger partial charge in [0, 0.05) is 19.6 Å². The van der Waals surface area contributed by atoms with E-state index in [4.69, 9.17) is 4.42 Å². The molecule has 2 aliphatic rings. The summed E-state index contributed by atoms with van der Waals surface area (Å²) >= 11 is 0. The van der Waals surface area contributed by atoms with Gasteiger partial charge in [0.2, 0.25) is 5.91 Å². The van der Waals surface area contributed by atoms with Gasteiger partial charge in [-0.25, -0.2) is 0 Å². The number of likely N-dealkylation sites (N-methyl/N-ethyl adjacent to an activating group) is 1. The molecule has 0 radical (unpaired) electrons. The zero-order valence-corrected chi connectivity index (χ0v) is 13.9. The van der Waals surface area contributed by atoms with Crippen molar-refractivity contribution in [2.24, 2.45) is 0 Å². The average Bonchev–Trinajstić information content (AvgIpc) is 3.21. The van der Waals surface area contributed by atoms with Crippen LogP contribution in [0, 0.1) is 0 Å². The molecule has 3 heterocycles. The molecular formula is C19H23N3O2. The van der Waals surface area contributed by atoms with Crippen molar-refractivity contribution in [3.8, 4) is 0 Å². The Labute approximate surface area is 142 Å². The fourth-order valence-corrected chi connectivity index (χ4v) is 3.97. The Morgan fingerprint density at radius 2 is 1.92 bits per heavy atom. The SMILES string of the molecule is CN1C(c2ccco2)NC(=O)C12CCN(Cc1ccccc1)CC2. The lowest BCUT2D eigenvalue weighted by molar-refractivity contribution is -0.128. The minimum absolute atomic E-state index is 0.130. The molecule has 1 amide bonds. The van der Waals surface area contributed by atoms with Gasteiger partial charge in [-0.3, -0.25) is 14.6 Å². The summed E-state index contributed by atoms with van der Waals surface area (Å²) in [7, 11) is 2.03. The molecule has 5 heteroatoms. The van der Waals surface area contributed by atoms with E-state index >= 15 is 0 Å². The zero-order chi connectivity index (χ0) is 16.6. The molecule has 2 aliphatic heterocycles. The number of piperidine rings is 1. The Bertz CT molecular complexity index is 691. The van der Waals surface area contributed by atoms with E-state index in [1.54, 1.807) is 6.26 Å². The molecule has 4 rings (SSSR count). The van der Waals surface area contributed by atoms with Crippen LogP contribution in [0.3, 0.4) is 0 Å². The summed E-state index contributed by atoms with van der Waals surface area (Å²) in [5, 5.41) is 3.11. The van der Waals surface area contributed by atoms with Crippen molar-refractivity contribution >= 4 is 5.91 Å². The second-order valence-electron chi connectivity index (χ2n) is 6.80. The van der Waals surface area contributed by atoms with E-state index in [2.05, 4.69) is 39.4 Å². The van der Waals surface area contributed by atoms with E-state index in [1.165, 1.54) is 5.56 Å². The topological polar surface area (TPSA) is 48.7 Å². The molecule has 2 fully saturated rings. The second-order valence-corrected chi connectivity index (χ2v) is 6.80. The number of likely N-dealkylation sites (tertiary alicyclic amines) is 1. The third kappa shape index (κ3) is 2.54. The third-order valence-electron chi connectivity index (χ3n) is 5.50. The van der Waals surface area contributed by atoms with E-state index in [-0.39, 0.29) is 12.1 Å². The smallest absolute Gasteiger partial charge is 0.242 e. The van der Waals surface area contributed by atoms with Gasteiger partial charge in [0.25, 0.3) is 0 Å². The standard InChI is InChI=1S/C19H23N3O2/c1-21-17(16-8-5-13-24-16)20-18(23)19(21)9-11-22(12-10-19)14-15-6-3-2-4-7-15/h2-8,13,17H,9-12,14H2,1H3,(H,20,23). The van der Waals surface area contributed by atoms with Crippen molar-refractivity contribution in [1.29, 1.82) is 0 Å². The number of nitrogens with one attached hydrogen (secondary N) is 1. The highest BCUT2D eigenvalue weighted by Gasteiger charge is 2.53. The van der Waals surface area contributed by atoms with E-state index in [1.807, 2.05) is 25.2 Å². The van der Waals surface area contributed by atoms with Crippen molar-refractivity contribution in [1.82, 2.24) is 15.1 Å². The molecule has 5 nitrogen and oxygen atoms in total. The van der Waals surface area contributed by atoms with E-state index in [0.29, 0.717) is 0 Å². The maximum atomic E-state index is 12.7. The van der Waals surface area contributed by atoms with Crippen LogP contribution in [0.15, 0.2) is 53.1 Å². The summed E-state index contributed by atoms with van der Waals surface area (Å²) in [5.41, 5.74) is 0.913. The number of furan rings is 1. The first-order valence-electron chi connectivity index (χ1n) is 8.53. The minimum Gasteiger partial charge on any atom is -0.466 e. The van der Waals surface area contributed by atoms with Gasteiger partial charge in [0.1, 0.15) is 17.5 Å². The summed E-state index contributed by atoms with van der Waals surface area (Å²) in [6.45, 7) is 2.80. The van der Waals surface area contributed by atoms with Gasteiger partial charge in [-0.05, 0) is 37.6 Å². The van der Waals surface area contributed by atoms with Gasteiger partial charge in [0.15, 0.2) is 0 Å². The maximum Gasteiger partial charge on any atom is 0.242 e. The maximum absolute atomic E-state index is 12.7. The van der Waals surface area contributed by atoms with Crippen LogP contribution >= 0.6 is 0 Å². The molecule has 1 aromatic carbocycles. The predicted octanol–water partition coefficient (Wildman–Crippen LogP) is 2.37. The molecule has 126 valence electrons. The first-order valence-corrected chi connectivity index (χ1v) is 8.53. The van der Waals surface area contributed by atoms with Crippen LogP contribution in [-0.4, -0.2) is 41.4 Å². The first-order chi connectivity index (χ1) is 11.7. The molecule has 2 saturated heterocycles. The summed E-state index contributed by atoms with van der Waals surface area (Å²) in [6.07, 6.45) is 3.19. The zero-order valence-electron chi connectivity index (χ0n) is 13.9. The Hall–Kier alpha value is -2.11. The van der Waals surface area contributed by atoms with Crippen LogP contribution in [0.4, 0.5) is 0 Å². The fourth-order valence-electron chi connectivity index (χ4n) is 3.97. The molecule has 1 spiro atoms. The van der Waals surface area contributed by atoms with E-state index in [9.17, 15) is 4.79 Å². The number of carbonyl (C=O) groups is 1. The number of nitrogens with zero attached hydrogens (tertiary/aromatic N) is 2. The van der Waals surface area contributed by atoms with Gasteiger partial charge in [-0.15, -0.1) is 0 Å². The quantitative estimate of drug-likeness (QED) is 0.941. The Balaban J connectivity index is 1.45. The third-order valence-corrected chi connectivity index (χ3v) is 5.50. The minimum atomic E-state index is -0.412. The summed E-state index contributed by atoms with van der Waals surface area (Å²) in [4.78, 5) is 17.3. The van der Waals surface area contributed by atoms with Crippen LogP contribution in [0.5, 0.6) is 0 Å². The number of benzene rings is 1. The highest BCUT2D eigenvalue weighted by atomic mass is 16.3. The summed E-state index contributed by atoms with van der Waals surface area (Å²) in [6, 6.07) is 14.3. The van der Waals surface area contributed by atoms with Crippen LogP contribution in [0.2, 0.25) is 0 Å². The van der Waals surface area contributed by atoms with Crippen LogP contribution in [0.1, 0.15) is 30.3 Å². The molecule has 1 aromatic heterocycles. The van der Waals surface area contributed by atoms with Crippen LogP contribution in [-0.2, 0) is 11.3 Å². The number of rotatable bonds is 3. The van der Waals surface area contributed by atoms with Gasteiger partial charge in [0.05, 0.1) is 6.26 Å². The van der Waals surface area contributed by atoms with Crippen LogP contribution < -0.4 is 5.32 Å². The van der Waals surface area contributed by atoms with Gasteiger partial charge < -0.3 is 9.73 Å². The molecule has 0 aliphatic carbocycles. The van der Waals surface area contributed by atoms with Crippen molar-refractivity contribution in [3.63, 3.8) is 0 Å². The van der Waals surface area contributed by atoms with Gasteiger partial charge >= 0.3 is 0 Å². The lowest BCUT2D eigenvalue weighted by Crippen LogP contribution is -2.54. The molecule has 1 N–H and O–H groups in total. The molecule has 1 unspecified atom stereocenters. The monoisotopic (exact) mass is 325 g/mol. The molecule has 24 heavy (non-hydrogen) atoms. The highest BCUT2D eigenvalue weighted by Crippen LogP contribution is 2.39. The Morgan fingerprint density at radius 1 is 1.17 bits per heavy atom. The van der Waals surface area contributed by atoms with Crippen molar-refractivity contribution in [2.75, 3.05) is 20.1 Å². The normalized spacial score (nSPS) is 24.4. The van der Waals surface area contributed by atoms with Crippen molar-refractivity contribution < 1.29 is 9.21 Å². The number of carbonyl (C=O) groups excluding carboxylic acids is 1. The number of amides is 1. The van der Waals surface area contributed by atoms with E-state index in [0.717, 1.165) is 38.2 Å². The van der Waals surface area contributed by atoms with Crippen molar-refractivity contribution in [2.45, 2.75) is 31.1 Å². The van der Waals surface area contributed by atoms with Crippen molar-refractivity contribution in [3.05, 3.63) is 60.1 Å². The molecule has 0 saturated carbocycles. The van der Waals surface area contributed by atoms with Gasteiger partial charge in [-0.1, -0.05) is 30.3 Å². The molecule has 0 bridgehead atoms. The van der Waals surface area contributed by atoms with Gasteiger partial charge in [-0.2, -0.15) is 0 Å². The number of hydrogen-bond donors (Lipinski definition) is 1. The Kier molecular flexibility index (Phi) is 3.90. The highest BCUT2D eigenvalue weighted by molar-refractivity contribution is 5.89. The summed E-state index contributed by atoms with van der Waals surface area (Å²) < 4.78 is 5.50. The first kappa shape index (κ1) is 15.4. The molecule has 1 atom stereocenters. The van der Waals surface area contributed by atoms with E-state index < -0.39 is 5.54 Å². The second kappa shape index (κ2) is 6.07. The lowest BCUT2D eigenvalue weighted by Gasteiger charge is -2.42. The van der Waals surface area contributed by atoms with Crippen LogP contribution in [0.25, 0.3) is 0 Å². The summed E-state index contributed by atoms with van der Waals surface area (Å²) in [5.74, 6) is 0.931. The number of hydrogen-bond acceptors (Lipinski definition) is 4. The fraction of sp³-hybridized carbons (Fsp3) is 0.421. The largest absolute Gasteiger partial charge is 0.466 e. The Morgan fingerprint density at radius 3 is 2.58 bits per heavy atom. The average molecular weight is 325 g/mol.